The number of thiazole rings is 1. The van der Waals surface area contributed by atoms with Gasteiger partial charge in [0, 0.05) is 51.1 Å². The van der Waals surface area contributed by atoms with E-state index in [0.29, 0.717) is 27.2 Å². The van der Waals surface area contributed by atoms with Gasteiger partial charge in [-0.3, -0.25) is 4.98 Å². The van der Waals surface area contributed by atoms with Crippen molar-refractivity contribution < 1.29 is 26.3 Å². The molecule has 1 aliphatic rings. The second kappa shape index (κ2) is 9.37. The highest BCUT2D eigenvalue weighted by Crippen LogP contribution is 2.43. The molecule has 0 bridgehead atoms. The quantitative estimate of drug-likeness (QED) is 0.277. The summed E-state index contributed by atoms with van der Waals surface area (Å²) in [5, 5.41) is 0.523. The van der Waals surface area contributed by atoms with E-state index in [1.807, 2.05) is 0 Å². The summed E-state index contributed by atoms with van der Waals surface area (Å²) in [5.41, 5.74) is -0.0136. The van der Waals surface area contributed by atoms with E-state index in [0.717, 1.165) is 23.5 Å². The standard InChI is InChI=1S/C25H22F6N6S/c1-13-10-14(6-8-32-13)17-12-37(9-7-24(17,27)28)22-33-19(20-21(34-22)35-23(38-20)36(2)3)16-5-4-15(11-18(16)26)25(29,30)31/h4-6,8,10-11,17H,7,9,12H2,1-3H3. The van der Waals surface area contributed by atoms with Crippen LogP contribution in [0, 0.1) is 12.7 Å². The largest absolute Gasteiger partial charge is 0.416 e. The second-order valence-corrected chi connectivity index (χ2v) is 10.3. The Morgan fingerprint density at radius 3 is 2.50 bits per heavy atom. The van der Waals surface area contributed by atoms with Crippen LogP contribution in [-0.4, -0.2) is 53.0 Å². The van der Waals surface area contributed by atoms with Gasteiger partial charge in [-0.2, -0.15) is 23.1 Å². The molecule has 1 aromatic carbocycles. The van der Waals surface area contributed by atoms with Crippen molar-refractivity contribution in [2.75, 3.05) is 37.0 Å². The maximum atomic E-state index is 15.1. The number of fused-ring (bicyclic) bond motifs is 1. The van der Waals surface area contributed by atoms with Crippen molar-refractivity contribution in [3.05, 3.63) is 59.2 Å². The average Bonchev–Trinajstić information content (AvgIpc) is 3.28. The summed E-state index contributed by atoms with van der Waals surface area (Å²) in [6.07, 6.45) is -3.70. The molecule has 0 N–H and O–H groups in total. The van der Waals surface area contributed by atoms with E-state index in [-0.39, 0.29) is 35.9 Å². The Labute approximate surface area is 218 Å². The summed E-state index contributed by atoms with van der Waals surface area (Å²) in [5.74, 6) is -5.22. The number of anilines is 2. The maximum Gasteiger partial charge on any atom is 0.416 e. The molecular formula is C25H22F6N6S. The summed E-state index contributed by atoms with van der Waals surface area (Å²) in [6.45, 7) is 1.52. The normalized spacial score (nSPS) is 17.7. The predicted octanol–water partition coefficient (Wildman–Crippen LogP) is 6.31. The fourth-order valence-corrected chi connectivity index (χ4v) is 5.35. The number of aryl methyl sites for hydroxylation is 1. The first-order chi connectivity index (χ1) is 17.8. The van der Waals surface area contributed by atoms with E-state index >= 15 is 13.2 Å². The molecule has 6 nitrogen and oxygen atoms in total. The van der Waals surface area contributed by atoms with Gasteiger partial charge in [0.1, 0.15) is 10.5 Å². The van der Waals surface area contributed by atoms with Gasteiger partial charge in [0.05, 0.1) is 17.2 Å². The van der Waals surface area contributed by atoms with Gasteiger partial charge in [0.2, 0.25) is 5.95 Å². The Hall–Kier alpha value is -3.48. The molecule has 3 aromatic heterocycles. The summed E-state index contributed by atoms with van der Waals surface area (Å²) in [6, 6.07) is 5.37. The van der Waals surface area contributed by atoms with E-state index in [4.69, 9.17) is 0 Å². The number of nitrogens with zero attached hydrogens (tertiary/aromatic N) is 6. The third kappa shape index (κ3) is 4.86. The van der Waals surface area contributed by atoms with Crippen molar-refractivity contribution in [3.63, 3.8) is 0 Å². The Balaban J connectivity index is 1.62. The van der Waals surface area contributed by atoms with Crippen molar-refractivity contribution >= 4 is 32.8 Å². The van der Waals surface area contributed by atoms with Gasteiger partial charge in [-0.05, 0) is 42.8 Å². The molecule has 1 saturated heterocycles. The highest BCUT2D eigenvalue weighted by Gasteiger charge is 2.45. The highest BCUT2D eigenvalue weighted by molar-refractivity contribution is 7.22. The minimum atomic E-state index is -4.71. The fourth-order valence-electron chi connectivity index (χ4n) is 4.42. The molecule has 1 aliphatic heterocycles. The summed E-state index contributed by atoms with van der Waals surface area (Å²) < 4.78 is 84.9. The first-order valence-corrected chi connectivity index (χ1v) is 12.4. The smallest absolute Gasteiger partial charge is 0.354 e. The number of aromatic nitrogens is 4. The van der Waals surface area contributed by atoms with Crippen molar-refractivity contribution in [3.8, 4) is 11.3 Å². The first-order valence-electron chi connectivity index (χ1n) is 11.6. The van der Waals surface area contributed by atoms with Crippen LogP contribution >= 0.6 is 11.3 Å². The van der Waals surface area contributed by atoms with Crippen LogP contribution in [0.15, 0.2) is 36.5 Å². The minimum absolute atomic E-state index is 0.0497. The molecule has 4 aromatic rings. The van der Waals surface area contributed by atoms with E-state index in [2.05, 4.69) is 19.9 Å². The number of rotatable bonds is 4. The number of benzene rings is 1. The first kappa shape index (κ1) is 26.1. The Bertz CT molecular complexity index is 1500. The molecule has 38 heavy (non-hydrogen) atoms. The molecule has 0 spiro atoms. The van der Waals surface area contributed by atoms with Crippen LogP contribution in [0.5, 0.6) is 0 Å². The third-order valence-electron chi connectivity index (χ3n) is 6.40. The zero-order valence-electron chi connectivity index (χ0n) is 20.5. The van der Waals surface area contributed by atoms with E-state index < -0.39 is 35.8 Å². The summed E-state index contributed by atoms with van der Waals surface area (Å²) in [4.78, 5) is 20.8. The lowest BCUT2D eigenvalue weighted by Crippen LogP contribution is -2.46. The van der Waals surface area contributed by atoms with Crippen LogP contribution in [0.4, 0.5) is 37.4 Å². The summed E-state index contributed by atoms with van der Waals surface area (Å²) in [7, 11) is 3.50. The maximum absolute atomic E-state index is 15.1. The van der Waals surface area contributed by atoms with Crippen LogP contribution in [-0.2, 0) is 6.18 Å². The molecule has 0 saturated carbocycles. The number of piperidine rings is 1. The van der Waals surface area contributed by atoms with Crippen LogP contribution in [0.1, 0.15) is 29.2 Å². The molecule has 1 atom stereocenters. The molecule has 200 valence electrons. The van der Waals surface area contributed by atoms with Crippen molar-refractivity contribution in [2.24, 2.45) is 0 Å². The topological polar surface area (TPSA) is 58.0 Å². The molecular weight excluding hydrogens is 530 g/mol. The van der Waals surface area contributed by atoms with Crippen LogP contribution < -0.4 is 9.80 Å². The van der Waals surface area contributed by atoms with Gasteiger partial charge in [0.15, 0.2) is 10.8 Å². The molecule has 1 unspecified atom stereocenters. The van der Waals surface area contributed by atoms with E-state index in [9.17, 15) is 13.2 Å². The van der Waals surface area contributed by atoms with Crippen LogP contribution in [0.2, 0.25) is 0 Å². The Morgan fingerprint density at radius 1 is 1.08 bits per heavy atom. The number of alkyl halides is 5. The number of halogens is 6. The lowest BCUT2D eigenvalue weighted by atomic mass is 9.87. The molecule has 1 fully saturated rings. The number of hydrogen-bond acceptors (Lipinski definition) is 7. The SMILES string of the molecule is Cc1cc(C2CN(c3nc(-c4ccc(C(F)(F)F)cc4F)c4sc(N(C)C)nc4n3)CCC2(F)F)ccn1. The molecule has 13 heteroatoms. The van der Waals surface area contributed by atoms with Gasteiger partial charge in [-0.1, -0.05) is 11.3 Å². The Kier molecular flexibility index (Phi) is 6.44. The molecule has 4 heterocycles. The molecule has 0 amide bonds. The van der Waals surface area contributed by atoms with Crippen molar-refractivity contribution in [2.45, 2.75) is 31.4 Å². The average molecular weight is 553 g/mol. The number of pyridine rings is 1. The lowest BCUT2D eigenvalue weighted by Gasteiger charge is -2.38. The third-order valence-corrected chi connectivity index (χ3v) is 7.62. The minimum Gasteiger partial charge on any atom is -0.354 e. The molecule has 0 aliphatic carbocycles. The fraction of sp³-hybridized carbons (Fsp3) is 0.360. The number of hydrogen-bond donors (Lipinski definition) is 0. The van der Waals surface area contributed by atoms with Gasteiger partial charge in [0.25, 0.3) is 5.92 Å². The highest BCUT2D eigenvalue weighted by atomic mass is 32.1. The summed E-state index contributed by atoms with van der Waals surface area (Å²) >= 11 is 1.15. The van der Waals surface area contributed by atoms with Crippen LogP contribution in [0.25, 0.3) is 21.6 Å². The van der Waals surface area contributed by atoms with E-state index in [1.54, 1.807) is 43.0 Å². The monoisotopic (exact) mass is 552 g/mol. The zero-order valence-corrected chi connectivity index (χ0v) is 21.3. The molecule has 5 rings (SSSR count). The van der Waals surface area contributed by atoms with Gasteiger partial charge >= 0.3 is 6.18 Å². The van der Waals surface area contributed by atoms with Gasteiger partial charge < -0.3 is 9.80 Å². The van der Waals surface area contributed by atoms with Crippen molar-refractivity contribution in [1.29, 1.82) is 0 Å². The van der Waals surface area contributed by atoms with Crippen molar-refractivity contribution in [1.82, 2.24) is 19.9 Å². The van der Waals surface area contributed by atoms with Gasteiger partial charge in [-0.25, -0.2) is 18.2 Å². The predicted molar refractivity (Wildman–Crippen MR) is 133 cm³/mol. The van der Waals surface area contributed by atoms with E-state index in [1.165, 1.54) is 6.20 Å². The second-order valence-electron chi connectivity index (χ2n) is 9.35. The molecule has 0 radical (unpaired) electrons. The van der Waals surface area contributed by atoms with Crippen LogP contribution in [0.3, 0.4) is 0 Å². The lowest BCUT2D eigenvalue weighted by molar-refractivity contribution is -0.137. The van der Waals surface area contributed by atoms with Gasteiger partial charge in [-0.15, -0.1) is 0 Å². The zero-order chi connectivity index (χ0) is 27.4. The Morgan fingerprint density at radius 2 is 1.84 bits per heavy atom.